The lowest BCUT2D eigenvalue weighted by Gasteiger charge is -2.25. The van der Waals surface area contributed by atoms with Gasteiger partial charge in [-0.05, 0) is 32.0 Å². The minimum atomic E-state index is -0.327. The van der Waals surface area contributed by atoms with E-state index < -0.39 is 0 Å². The van der Waals surface area contributed by atoms with Crippen LogP contribution in [0.25, 0.3) is 10.9 Å². The SMILES string of the molecule is COCC(C)(C)Nc1nc2ccc(N)cc2c(=O)[nH]1. The van der Waals surface area contributed by atoms with Crippen molar-refractivity contribution in [3.63, 3.8) is 0 Å². The molecule has 2 aromatic rings. The zero-order valence-electron chi connectivity index (χ0n) is 11.3. The Morgan fingerprint density at radius 1 is 1.47 bits per heavy atom. The van der Waals surface area contributed by atoms with Gasteiger partial charge in [-0.15, -0.1) is 0 Å². The van der Waals surface area contributed by atoms with E-state index >= 15 is 0 Å². The summed E-state index contributed by atoms with van der Waals surface area (Å²) in [4.78, 5) is 19.0. The molecule has 1 aromatic carbocycles. The highest BCUT2D eigenvalue weighted by Crippen LogP contribution is 2.15. The summed E-state index contributed by atoms with van der Waals surface area (Å²) in [6, 6.07) is 5.07. The smallest absolute Gasteiger partial charge is 0.260 e. The number of nitrogen functional groups attached to an aromatic ring is 1. The number of fused-ring (bicyclic) bond motifs is 1. The Kier molecular flexibility index (Phi) is 3.44. The fourth-order valence-electron chi connectivity index (χ4n) is 1.93. The number of methoxy groups -OCH3 is 1. The molecule has 0 fully saturated rings. The van der Waals surface area contributed by atoms with Gasteiger partial charge in [-0.3, -0.25) is 9.78 Å². The summed E-state index contributed by atoms with van der Waals surface area (Å²) < 4.78 is 5.11. The Morgan fingerprint density at radius 2 is 2.21 bits per heavy atom. The Morgan fingerprint density at radius 3 is 2.89 bits per heavy atom. The molecule has 0 saturated carbocycles. The average Bonchev–Trinajstić information content (AvgIpc) is 2.29. The predicted octanol–water partition coefficient (Wildman–Crippen LogP) is 1.34. The highest BCUT2D eigenvalue weighted by atomic mass is 16.5. The Labute approximate surface area is 111 Å². The van der Waals surface area contributed by atoms with E-state index in [1.807, 2.05) is 13.8 Å². The molecule has 102 valence electrons. The largest absolute Gasteiger partial charge is 0.399 e. The van der Waals surface area contributed by atoms with Gasteiger partial charge in [0.15, 0.2) is 0 Å². The molecule has 0 bridgehead atoms. The summed E-state index contributed by atoms with van der Waals surface area (Å²) in [5.74, 6) is 0.421. The molecule has 0 unspecified atom stereocenters. The van der Waals surface area contributed by atoms with Crippen molar-refractivity contribution in [2.75, 3.05) is 24.8 Å². The minimum absolute atomic E-state index is 0.215. The van der Waals surface area contributed by atoms with Crippen LogP contribution in [0, 0.1) is 0 Å². The van der Waals surface area contributed by atoms with Gasteiger partial charge in [0.25, 0.3) is 5.56 Å². The number of hydrogen-bond donors (Lipinski definition) is 3. The molecule has 0 aliphatic rings. The zero-order chi connectivity index (χ0) is 14.0. The molecule has 4 N–H and O–H groups in total. The molecule has 6 heteroatoms. The lowest BCUT2D eigenvalue weighted by molar-refractivity contribution is 0.158. The number of benzene rings is 1. The third-order valence-corrected chi connectivity index (χ3v) is 2.69. The summed E-state index contributed by atoms with van der Waals surface area (Å²) >= 11 is 0. The number of anilines is 2. The maximum atomic E-state index is 12.0. The number of ether oxygens (including phenoxy) is 1. The van der Waals surface area contributed by atoms with E-state index in [1.165, 1.54) is 0 Å². The van der Waals surface area contributed by atoms with Crippen LogP contribution < -0.4 is 16.6 Å². The van der Waals surface area contributed by atoms with Crippen LogP contribution in [-0.2, 0) is 4.74 Å². The molecule has 0 radical (unpaired) electrons. The lowest BCUT2D eigenvalue weighted by atomic mass is 10.1. The highest BCUT2D eigenvalue weighted by Gasteiger charge is 2.18. The third kappa shape index (κ3) is 3.03. The molecule has 0 aliphatic heterocycles. The number of hydrogen-bond acceptors (Lipinski definition) is 5. The first kappa shape index (κ1) is 13.4. The number of nitrogens with one attached hydrogen (secondary N) is 2. The first-order valence-electron chi connectivity index (χ1n) is 5.98. The zero-order valence-corrected chi connectivity index (χ0v) is 11.3. The maximum absolute atomic E-state index is 12.0. The quantitative estimate of drug-likeness (QED) is 0.723. The fraction of sp³-hybridized carbons (Fsp3) is 0.385. The highest BCUT2D eigenvalue weighted by molar-refractivity contribution is 5.81. The summed E-state index contributed by atoms with van der Waals surface area (Å²) in [6.07, 6.45) is 0. The van der Waals surface area contributed by atoms with Crippen molar-refractivity contribution in [1.82, 2.24) is 9.97 Å². The van der Waals surface area contributed by atoms with Crippen LogP contribution in [0.1, 0.15) is 13.8 Å². The molecule has 0 amide bonds. The van der Waals surface area contributed by atoms with E-state index in [0.29, 0.717) is 29.1 Å². The van der Waals surface area contributed by atoms with E-state index in [-0.39, 0.29) is 11.1 Å². The Hall–Kier alpha value is -2.08. The molecule has 0 spiro atoms. The summed E-state index contributed by atoms with van der Waals surface area (Å²) in [7, 11) is 1.63. The van der Waals surface area contributed by atoms with Crippen molar-refractivity contribution in [2.45, 2.75) is 19.4 Å². The minimum Gasteiger partial charge on any atom is -0.399 e. The number of nitrogens with two attached hydrogens (primary N) is 1. The van der Waals surface area contributed by atoms with Crippen molar-refractivity contribution >= 4 is 22.5 Å². The van der Waals surface area contributed by atoms with E-state index in [9.17, 15) is 4.79 Å². The summed E-state index contributed by atoms with van der Waals surface area (Å²) in [5, 5.41) is 3.63. The Balaban J connectivity index is 2.41. The number of rotatable bonds is 4. The third-order valence-electron chi connectivity index (χ3n) is 2.69. The lowest BCUT2D eigenvalue weighted by Crippen LogP contribution is -2.37. The van der Waals surface area contributed by atoms with Gasteiger partial charge in [-0.2, -0.15) is 0 Å². The van der Waals surface area contributed by atoms with Crippen molar-refractivity contribution in [1.29, 1.82) is 0 Å². The van der Waals surface area contributed by atoms with Gasteiger partial charge < -0.3 is 15.8 Å². The first-order chi connectivity index (χ1) is 8.91. The molecular weight excluding hydrogens is 244 g/mol. The molecular formula is C13H18N4O2. The second kappa shape index (κ2) is 4.89. The van der Waals surface area contributed by atoms with Crippen LogP contribution >= 0.6 is 0 Å². The van der Waals surface area contributed by atoms with E-state index in [1.54, 1.807) is 25.3 Å². The van der Waals surface area contributed by atoms with Gasteiger partial charge in [0.05, 0.1) is 23.0 Å². The fourth-order valence-corrected chi connectivity index (χ4v) is 1.93. The van der Waals surface area contributed by atoms with Gasteiger partial charge in [0, 0.05) is 12.8 Å². The van der Waals surface area contributed by atoms with Crippen LogP contribution in [0.2, 0.25) is 0 Å². The van der Waals surface area contributed by atoms with E-state index in [0.717, 1.165) is 0 Å². The van der Waals surface area contributed by atoms with Crippen LogP contribution in [0.3, 0.4) is 0 Å². The molecule has 0 saturated heterocycles. The van der Waals surface area contributed by atoms with E-state index in [2.05, 4.69) is 15.3 Å². The monoisotopic (exact) mass is 262 g/mol. The summed E-state index contributed by atoms with van der Waals surface area (Å²) in [5.41, 5.74) is 6.26. The molecule has 2 rings (SSSR count). The van der Waals surface area contributed by atoms with Crippen molar-refractivity contribution in [3.05, 3.63) is 28.6 Å². The second-order valence-electron chi connectivity index (χ2n) is 5.13. The van der Waals surface area contributed by atoms with Crippen LogP contribution in [0.4, 0.5) is 11.6 Å². The summed E-state index contributed by atoms with van der Waals surface area (Å²) in [6.45, 7) is 4.42. The molecule has 1 aromatic heterocycles. The van der Waals surface area contributed by atoms with Crippen LogP contribution in [0.5, 0.6) is 0 Å². The topological polar surface area (TPSA) is 93.0 Å². The molecule has 1 heterocycles. The van der Waals surface area contributed by atoms with Gasteiger partial charge >= 0.3 is 0 Å². The van der Waals surface area contributed by atoms with Gasteiger partial charge in [0.1, 0.15) is 0 Å². The second-order valence-corrected chi connectivity index (χ2v) is 5.13. The molecule has 0 aliphatic carbocycles. The first-order valence-corrected chi connectivity index (χ1v) is 5.98. The van der Waals surface area contributed by atoms with Crippen molar-refractivity contribution < 1.29 is 4.74 Å². The molecule has 6 nitrogen and oxygen atoms in total. The molecule has 19 heavy (non-hydrogen) atoms. The maximum Gasteiger partial charge on any atom is 0.260 e. The standard InChI is InChI=1S/C13H18N4O2/c1-13(2,7-19-3)17-12-15-10-5-4-8(14)6-9(10)11(18)16-12/h4-6H,7,14H2,1-3H3,(H2,15,16,17,18). The Bertz CT molecular complexity index is 649. The van der Waals surface area contributed by atoms with Gasteiger partial charge in [-0.1, -0.05) is 0 Å². The van der Waals surface area contributed by atoms with Gasteiger partial charge in [-0.25, -0.2) is 4.98 Å². The normalized spacial score (nSPS) is 11.7. The number of H-pyrrole nitrogens is 1. The number of nitrogens with zero attached hydrogens (tertiary/aromatic N) is 1. The van der Waals surface area contributed by atoms with Gasteiger partial charge in [0.2, 0.25) is 5.95 Å². The number of aromatic nitrogens is 2. The van der Waals surface area contributed by atoms with Crippen LogP contribution in [-0.4, -0.2) is 29.2 Å². The number of aromatic amines is 1. The average molecular weight is 262 g/mol. The van der Waals surface area contributed by atoms with Crippen molar-refractivity contribution in [3.8, 4) is 0 Å². The molecule has 0 atom stereocenters. The van der Waals surface area contributed by atoms with Crippen molar-refractivity contribution in [2.24, 2.45) is 0 Å². The van der Waals surface area contributed by atoms with E-state index in [4.69, 9.17) is 10.5 Å². The predicted molar refractivity (Wildman–Crippen MR) is 76.4 cm³/mol. The van der Waals surface area contributed by atoms with Crippen LogP contribution in [0.15, 0.2) is 23.0 Å².